The molecule has 0 aromatic heterocycles. The summed E-state index contributed by atoms with van der Waals surface area (Å²) >= 11 is 0. The lowest BCUT2D eigenvalue weighted by Gasteiger charge is -2.04. The van der Waals surface area contributed by atoms with Crippen LogP contribution in [0.4, 0.5) is 5.69 Å². The van der Waals surface area contributed by atoms with Gasteiger partial charge in [0.25, 0.3) is 0 Å². The zero-order chi connectivity index (χ0) is 11.1. The molecular weight excluding hydrogens is 188 g/mol. The van der Waals surface area contributed by atoms with Crippen LogP contribution in [0.15, 0.2) is 24.3 Å². The van der Waals surface area contributed by atoms with Gasteiger partial charge in [-0.15, -0.1) is 0 Å². The molecule has 0 unspecified atom stereocenters. The van der Waals surface area contributed by atoms with Gasteiger partial charge in [-0.3, -0.25) is 0 Å². The van der Waals surface area contributed by atoms with Crippen molar-refractivity contribution in [3.05, 3.63) is 29.8 Å². The molecule has 0 bridgehead atoms. The Morgan fingerprint density at radius 2 is 2.27 bits per heavy atom. The Hall–Kier alpha value is -1.48. The number of methoxy groups -OCH3 is 1. The second-order valence-electron chi connectivity index (χ2n) is 3.30. The summed E-state index contributed by atoms with van der Waals surface area (Å²) in [5, 5.41) is 3.09. The predicted octanol–water partition coefficient (Wildman–Crippen LogP) is 1.90. The van der Waals surface area contributed by atoms with Crippen molar-refractivity contribution in [3.8, 4) is 5.75 Å². The molecule has 0 amide bonds. The second kappa shape index (κ2) is 6.09. The van der Waals surface area contributed by atoms with Crippen LogP contribution >= 0.6 is 0 Å². The van der Waals surface area contributed by atoms with Crippen LogP contribution in [0.3, 0.4) is 0 Å². The number of hydrogen-bond acceptors (Lipinski definition) is 3. The minimum atomic E-state index is 0.674. The molecule has 0 spiro atoms. The highest BCUT2D eigenvalue weighted by Crippen LogP contribution is 2.22. The molecule has 3 N–H and O–H groups in total. The molecule has 82 valence electrons. The Bertz CT molecular complexity index is 334. The first kappa shape index (κ1) is 11.6. The van der Waals surface area contributed by atoms with E-state index in [4.69, 9.17) is 10.5 Å². The van der Waals surface area contributed by atoms with Gasteiger partial charge in [0.15, 0.2) is 0 Å². The van der Waals surface area contributed by atoms with Crippen LogP contribution in [0.2, 0.25) is 0 Å². The van der Waals surface area contributed by atoms with Gasteiger partial charge in [-0.25, -0.2) is 0 Å². The molecule has 0 atom stereocenters. The molecule has 0 aliphatic heterocycles. The summed E-state index contributed by atoms with van der Waals surface area (Å²) < 4.78 is 5.08. The molecule has 1 aromatic carbocycles. The van der Waals surface area contributed by atoms with Gasteiger partial charge in [-0.2, -0.15) is 0 Å². The van der Waals surface area contributed by atoms with Crippen molar-refractivity contribution in [1.82, 2.24) is 5.32 Å². The number of anilines is 1. The van der Waals surface area contributed by atoms with E-state index in [1.807, 2.05) is 25.2 Å². The molecule has 3 nitrogen and oxygen atoms in total. The third-order valence-electron chi connectivity index (χ3n) is 2.13. The first-order valence-corrected chi connectivity index (χ1v) is 5.02. The SMILES string of the molecule is CNCCC=Cc1ccc(OC)c(N)c1. The lowest BCUT2D eigenvalue weighted by atomic mass is 10.1. The highest BCUT2D eigenvalue weighted by atomic mass is 16.5. The van der Waals surface area contributed by atoms with Crippen molar-refractivity contribution in [1.29, 1.82) is 0 Å². The van der Waals surface area contributed by atoms with E-state index in [0.29, 0.717) is 5.69 Å². The summed E-state index contributed by atoms with van der Waals surface area (Å²) in [5.74, 6) is 0.724. The number of nitrogens with two attached hydrogens (primary N) is 1. The van der Waals surface area contributed by atoms with Gasteiger partial charge < -0.3 is 15.8 Å². The Morgan fingerprint density at radius 1 is 1.47 bits per heavy atom. The third kappa shape index (κ3) is 3.64. The maximum absolute atomic E-state index is 5.79. The van der Waals surface area contributed by atoms with Crippen molar-refractivity contribution in [2.24, 2.45) is 0 Å². The van der Waals surface area contributed by atoms with E-state index in [2.05, 4.69) is 17.5 Å². The van der Waals surface area contributed by atoms with Gasteiger partial charge in [0.2, 0.25) is 0 Å². The molecule has 0 saturated heterocycles. The number of ether oxygens (including phenoxy) is 1. The van der Waals surface area contributed by atoms with E-state index < -0.39 is 0 Å². The Labute approximate surface area is 90.9 Å². The van der Waals surface area contributed by atoms with Crippen LogP contribution < -0.4 is 15.8 Å². The van der Waals surface area contributed by atoms with Crippen molar-refractivity contribution in [3.63, 3.8) is 0 Å². The first-order chi connectivity index (χ1) is 7.27. The normalized spacial score (nSPS) is 10.8. The van der Waals surface area contributed by atoms with Crippen LogP contribution in [0.1, 0.15) is 12.0 Å². The summed E-state index contributed by atoms with van der Waals surface area (Å²) in [4.78, 5) is 0. The standard InChI is InChI=1S/C12H18N2O/c1-14-8-4-3-5-10-6-7-12(15-2)11(13)9-10/h3,5-7,9,14H,4,8,13H2,1-2H3. The van der Waals surface area contributed by atoms with E-state index in [1.165, 1.54) is 0 Å². The minimum absolute atomic E-state index is 0.674. The molecule has 0 aliphatic rings. The Balaban J connectivity index is 2.63. The first-order valence-electron chi connectivity index (χ1n) is 5.02. The lowest BCUT2D eigenvalue weighted by Crippen LogP contribution is -2.05. The summed E-state index contributed by atoms with van der Waals surface area (Å²) in [6.07, 6.45) is 5.20. The van der Waals surface area contributed by atoms with Crippen LogP contribution in [-0.2, 0) is 0 Å². The zero-order valence-electron chi connectivity index (χ0n) is 9.29. The maximum atomic E-state index is 5.79. The van der Waals surface area contributed by atoms with E-state index in [1.54, 1.807) is 7.11 Å². The van der Waals surface area contributed by atoms with E-state index in [-0.39, 0.29) is 0 Å². The number of rotatable bonds is 5. The van der Waals surface area contributed by atoms with Crippen LogP contribution in [0.25, 0.3) is 6.08 Å². The highest BCUT2D eigenvalue weighted by Gasteiger charge is 1.97. The van der Waals surface area contributed by atoms with E-state index in [9.17, 15) is 0 Å². The topological polar surface area (TPSA) is 47.3 Å². The molecule has 0 heterocycles. The van der Waals surface area contributed by atoms with Gasteiger partial charge in [0, 0.05) is 0 Å². The molecule has 1 rings (SSSR count). The number of benzene rings is 1. The Kier molecular flexibility index (Phi) is 4.71. The summed E-state index contributed by atoms with van der Waals surface area (Å²) in [7, 11) is 3.56. The summed E-state index contributed by atoms with van der Waals surface area (Å²) in [5.41, 5.74) is 7.57. The van der Waals surface area contributed by atoms with Gasteiger partial charge >= 0.3 is 0 Å². The summed E-state index contributed by atoms with van der Waals surface area (Å²) in [6.45, 7) is 0.988. The van der Waals surface area contributed by atoms with Crippen molar-refractivity contribution >= 4 is 11.8 Å². The van der Waals surface area contributed by atoms with Crippen molar-refractivity contribution in [2.75, 3.05) is 26.4 Å². The average molecular weight is 206 g/mol. The average Bonchev–Trinajstić information content (AvgIpc) is 2.25. The van der Waals surface area contributed by atoms with Crippen molar-refractivity contribution in [2.45, 2.75) is 6.42 Å². The number of nitrogens with one attached hydrogen (secondary N) is 1. The van der Waals surface area contributed by atoms with Gasteiger partial charge in [0.05, 0.1) is 12.8 Å². The summed E-state index contributed by atoms with van der Waals surface area (Å²) in [6, 6.07) is 5.78. The predicted molar refractivity (Wildman–Crippen MR) is 65.0 cm³/mol. The lowest BCUT2D eigenvalue weighted by molar-refractivity contribution is 0.417. The van der Waals surface area contributed by atoms with Crippen LogP contribution in [0, 0.1) is 0 Å². The molecule has 15 heavy (non-hydrogen) atoms. The van der Waals surface area contributed by atoms with Gasteiger partial charge in [-0.05, 0) is 37.7 Å². The zero-order valence-corrected chi connectivity index (χ0v) is 9.29. The molecule has 0 fully saturated rings. The van der Waals surface area contributed by atoms with Gasteiger partial charge in [-0.1, -0.05) is 18.2 Å². The molecule has 3 heteroatoms. The third-order valence-corrected chi connectivity index (χ3v) is 2.13. The molecule has 0 saturated carbocycles. The largest absolute Gasteiger partial charge is 0.495 e. The molecule has 0 aliphatic carbocycles. The van der Waals surface area contributed by atoms with Crippen LogP contribution in [-0.4, -0.2) is 20.7 Å². The monoisotopic (exact) mass is 206 g/mol. The Morgan fingerprint density at radius 3 is 2.87 bits per heavy atom. The molecule has 0 radical (unpaired) electrons. The minimum Gasteiger partial charge on any atom is -0.495 e. The number of nitrogen functional groups attached to an aromatic ring is 1. The fraction of sp³-hybridized carbons (Fsp3) is 0.333. The molecular formula is C12H18N2O. The van der Waals surface area contributed by atoms with E-state index in [0.717, 1.165) is 24.3 Å². The molecule has 1 aromatic rings. The second-order valence-corrected chi connectivity index (χ2v) is 3.30. The van der Waals surface area contributed by atoms with Crippen LogP contribution in [0.5, 0.6) is 5.75 Å². The number of hydrogen-bond donors (Lipinski definition) is 2. The fourth-order valence-electron chi connectivity index (χ4n) is 1.30. The van der Waals surface area contributed by atoms with E-state index >= 15 is 0 Å². The van der Waals surface area contributed by atoms with Gasteiger partial charge in [0.1, 0.15) is 5.75 Å². The quantitative estimate of drug-likeness (QED) is 0.571. The van der Waals surface area contributed by atoms with Crippen molar-refractivity contribution < 1.29 is 4.74 Å². The maximum Gasteiger partial charge on any atom is 0.141 e. The fourth-order valence-corrected chi connectivity index (χ4v) is 1.30. The smallest absolute Gasteiger partial charge is 0.141 e. The highest BCUT2D eigenvalue weighted by molar-refractivity contribution is 5.61.